The van der Waals surface area contributed by atoms with Gasteiger partial charge in [0.2, 0.25) is 0 Å². The third kappa shape index (κ3) is 3.23. The SMILES string of the molecule is C#Cc1ccc2c(ccn2CC2CCN(C(=O)c3ccccc3)CC2)c1. The van der Waals surface area contributed by atoms with Crippen molar-refractivity contribution in [1.29, 1.82) is 0 Å². The van der Waals surface area contributed by atoms with Crippen LogP contribution in [0.5, 0.6) is 0 Å². The zero-order valence-corrected chi connectivity index (χ0v) is 14.8. The molecule has 3 nitrogen and oxygen atoms in total. The Morgan fingerprint density at radius 1 is 1.08 bits per heavy atom. The Balaban J connectivity index is 1.40. The second-order valence-corrected chi connectivity index (χ2v) is 6.99. The number of amides is 1. The van der Waals surface area contributed by atoms with E-state index in [2.05, 4.69) is 34.9 Å². The highest BCUT2D eigenvalue weighted by Gasteiger charge is 2.24. The molecule has 0 unspecified atom stereocenters. The van der Waals surface area contributed by atoms with E-state index in [0.717, 1.165) is 43.6 Å². The van der Waals surface area contributed by atoms with E-state index < -0.39 is 0 Å². The molecule has 0 radical (unpaired) electrons. The van der Waals surface area contributed by atoms with Crippen molar-refractivity contribution in [2.45, 2.75) is 19.4 Å². The van der Waals surface area contributed by atoms with E-state index in [1.807, 2.05) is 41.3 Å². The Hall–Kier alpha value is -2.99. The molecule has 4 rings (SSSR count). The van der Waals surface area contributed by atoms with Gasteiger partial charge >= 0.3 is 0 Å². The molecule has 1 saturated heterocycles. The molecule has 1 aliphatic heterocycles. The third-order valence-electron chi connectivity index (χ3n) is 5.32. The van der Waals surface area contributed by atoms with Gasteiger partial charge in [-0.05, 0) is 55.2 Å². The fraction of sp³-hybridized carbons (Fsp3) is 0.261. The van der Waals surface area contributed by atoms with Gasteiger partial charge < -0.3 is 9.47 Å². The van der Waals surface area contributed by atoms with Crippen LogP contribution in [-0.4, -0.2) is 28.5 Å². The summed E-state index contributed by atoms with van der Waals surface area (Å²) >= 11 is 0. The van der Waals surface area contributed by atoms with Crippen molar-refractivity contribution in [1.82, 2.24) is 9.47 Å². The van der Waals surface area contributed by atoms with Crippen molar-refractivity contribution in [3.63, 3.8) is 0 Å². The van der Waals surface area contributed by atoms with E-state index in [1.54, 1.807) is 0 Å². The van der Waals surface area contributed by atoms with Crippen molar-refractivity contribution in [3.05, 3.63) is 71.9 Å². The van der Waals surface area contributed by atoms with Crippen molar-refractivity contribution < 1.29 is 4.79 Å². The summed E-state index contributed by atoms with van der Waals surface area (Å²) in [5, 5.41) is 1.19. The van der Waals surface area contributed by atoms with Crippen LogP contribution in [0.3, 0.4) is 0 Å². The second kappa shape index (κ2) is 7.09. The topological polar surface area (TPSA) is 25.2 Å². The van der Waals surface area contributed by atoms with Gasteiger partial charge in [0.15, 0.2) is 0 Å². The van der Waals surface area contributed by atoms with Gasteiger partial charge in [-0.2, -0.15) is 0 Å². The minimum Gasteiger partial charge on any atom is -0.347 e. The van der Waals surface area contributed by atoms with E-state index in [-0.39, 0.29) is 5.91 Å². The summed E-state index contributed by atoms with van der Waals surface area (Å²) in [5.74, 6) is 3.44. The first-order valence-electron chi connectivity index (χ1n) is 9.14. The van der Waals surface area contributed by atoms with Gasteiger partial charge in [-0.25, -0.2) is 0 Å². The summed E-state index contributed by atoms with van der Waals surface area (Å²) in [6, 6.07) is 17.9. The number of aromatic nitrogens is 1. The molecule has 0 aliphatic carbocycles. The van der Waals surface area contributed by atoms with Gasteiger partial charge in [0.25, 0.3) is 5.91 Å². The molecule has 26 heavy (non-hydrogen) atoms. The summed E-state index contributed by atoms with van der Waals surface area (Å²) in [5.41, 5.74) is 2.93. The smallest absolute Gasteiger partial charge is 0.253 e. The fourth-order valence-corrected chi connectivity index (χ4v) is 3.81. The van der Waals surface area contributed by atoms with Crippen LogP contribution in [0, 0.1) is 18.3 Å². The molecule has 2 aromatic carbocycles. The van der Waals surface area contributed by atoms with Crippen LogP contribution in [0.4, 0.5) is 0 Å². The molecule has 0 bridgehead atoms. The van der Waals surface area contributed by atoms with Gasteiger partial charge in [-0.3, -0.25) is 4.79 Å². The number of fused-ring (bicyclic) bond motifs is 1. The molecule has 3 heteroatoms. The lowest BCUT2D eigenvalue weighted by Crippen LogP contribution is -2.39. The molecule has 1 fully saturated rings. The molecule has 1 aliphatic rings. The average Bonchev–Trinajstić information content (AvgIpc) is 3.10. The van der Waals surface area contributed by atoms with Crippen molar-refractivity contribution in [2.75, 3.05) is 13.1 Å². The lowest BCUT2D eigenvalue weighted by Gasteiger charge is -2.32. The van der Waals surface area contributed by atoms with Crippen molar-refractivity contribution in [2.24, 2.45) is 5.92 Å². The zero-order valence-electron chi connectivity index (χ0n) is 14.8. The summed E-state index contributed by atoms with van der Waals surface area (Å²) in [4.78, 5) is 14.5. The Bertz CT molecular complexity index is 957. The first-order valence-corrected chi connectivity index (χ1v) is 9.14. The highest BCUT2D eigenvalue weighted by Crippen LogP contribution is 2.24. The standard InChI is InChI=1S/C23H22N2O/c1-2-18-8-9-22-21(16-18)12-15-25(22)17-19-10-13-24(14-11-19)23(26)20-6-4-3-5-7-20/h1,3-9,12,15-16,19H,10-11,13-14,17H2. The number of rotatable bonds is 3. The predicted octanol–water partition coefficient (Wildman–Crippen LogP) is 4.18. The Morgan fingerprint density at radius 2 is 1.85 bits per heavy atom. The monoisotopic (exact) mass is 342 g/mol. The van der Waals surface area contributed by atoms with Crippen molar-refractivity contribution in [3.8, 4) is 12.3 Å². The minimum atomic E-state index is 0.150. The molecular weight excluding hydrogens is 320 g/mol. The van der Waals surface area contributed by atoms with Gasteiger partial charge in [0, 0.05) is 47.9 Å². The van der Waals surface area contributed by atoms with Crippen LogP contribution in [-0.2, 0) is 6.54 Å². The van der Waals surface area contributed by atoms with Crippen LogP contribution in [0.15, 0.2) is 60.8 Å². The van der Waals surface area contributed by atoms with Crippen molar-refractivity contribution >= 4 is 16.8 Å². The number of carbonyl (C=O) groups excluding carboxylic acids is 1. The fourth-order valence-electron chi connectivity index (χ4n) is 3.81. The van der Waals surface area contributed by atoms with Crippen LogP contribution >= 0.6 is 0 Å². The third-order valence-corrected chi connectivity index (χ3v) is 5.32. The quantitative estimate of drug-likeness (QED) is 0.656. The van der Waals surface area contributed by atoms with Gasteiger partial charge in [-0.15, -0.1) is 6.42 Å². The van der Waals surface area contributed by atoms with Gasteiger partial charge in [-0.1, -0.05) is 24.1 Å². The Morgan fingerprint density at radius 3 is 2.58 bits per heavy atom. The normalized spacial score (nSPS) is 15.1. The lowest BCUT2D eigenvalue weighted by atomic mass is 9.96. The Kier molecular flexibility index (Phi) is 4.50. The maximum atomic E-state index is 12.6. The molecule has 0 atom stereocenters. The maximum Gasteiger partial charge on any atom is 0.253 e. The number of carbonyl (C=O) groups is 1. The average molecular weight is 342 g/mol. The molecule has 0 saturated carbocycles. The molecule has 2 heterocycles. The molecule has 0 spiro atoms. The van der Waals surface area contributed by atoms with E-state index in [4.69, 9.17) is 6.42 Å². The minimum absolute atomic E-state index is 0.150. The number of piperidine rings is 1. The number of benzene rings is 2. The molecule has 0 N–H and O–H groups in total. The zero-order chi connectivity index (χ0) is 17.9. The summed E-state index contributed by atoms with van der Waals surface area (Å²) in [6.45, 7) is 2.66. The number of terminal acetylenes is 1. The number of hydrogen-bond acceptors (Lipinski definition) is 1. The molecular formula is C23H22N2O. The van der Waals surface area contributed by atoms with Crippen LogP contribution in [0.1, 0.15) is 28.8 Å². The van der Waals surface area contributed by atoms with Gasteiger partial charge in [0.05, 0.1) is 0 Å². The van der Waals surface area contributed by atoms with E-state index >= 15 is 0 Å². The van der Waals surface area contributed by atoms with E-state index in [9.17, 15) is 4.79 Å². The summed E-state index contributed by atoms with van der Waals surface area (Å²) in [7, 11) is 0. The predicted molar refractivity (Wildman–Crippen MR) is 105 cm³/mol. The Labute approximate surface area is 154 Å². The highest BCUT2D eigenvalue weighted by atomic mass is 16.2. The lowest BCUT2D eigenvalue weighted by molar-refractivity contribution is 0.0683. The second-order valence-electron chi connectivity index (χ2n) is 6.99. The molecule has 130 valence electrons. The van der Waals surface area contributed by atoms with Crippen LogP contribution in [0.25, 0.3) is 10.9 Å². The first-order chi connectivity index (χ1) is 12.7. The summed E-state index contributed by atoms with van der Waals surface area (Å²) in [6.07, 6.45) is 9.72. The number of likely N-dealkylation sites (tertiary alicyclic amines) is 1. The first kappa shape index (κ1) is 16.5. The van der Waals surface area contributed by atoms with E-state index in [0.29, 0.717) is 5.92 Å². The molecule has 1 aromatic heterocycles. The van der Waals surface area contributed by atoms with Crippen LogP contribution in [0.2, 0.25) is 0 Å². The largest absolute Gasteiger partial charge is 0.347 e. The van der Waals surface area contributed by atoms with E-state index in [1.165, 1.54) is 10.9 Å². The maximum absolute atomic E-state index is 12.6. The molecule has 1 amide bonds. The molecule has 3 aromatic rings. The van der Waals surface area contributed by atoms with Crippen LogP contribution < -0.4 is 0 Å². The van der Waals surface area contributed by atoms with Gasteiger partial charge in [0.1, 0.15) is 0 Å². The number of hydrogen-bond donors (Lipinski definition) is 0. The number of nitrogens with zero attached hydrogens (tertiary/aromatic N) is 2. The highest BCUT2D eigenvalue weighted by molar-refractivity contribution is 5.94. The summed E-state index contributed by atoms with van der Waals surface area (Å²) < 4.78 is 2.31.